The van der Waals surface area contributed by atoms with Crippen LogP contribution in [-0.2, 0) is 4.79 Å². The minimum atomic E-state index is -0.145. The van der Waals surface area contributed by atoms with Gasteiger partial charge < -0.3 is 15.5 Å². The Morgan fingerprint density at radius 2 is 1.91 bits per heavy atom. The van der Waals surface area contributed by atoms with E-state index in [-0.39, 0.29) is 23.9 Å². The Morgan fingerprint density at radius 1 is 1.23 bits per heavy atom. The van der Waals surface area contributed by atoms with Crippen molar-refractivity contribution in [3.05, 3.63) is 29.8 Å². The van der Waals surface area contributed by atoms with Crippen LogP contribution in [0.2, 0.25) is 0 Å². The van der Waals surface area contributed by atoms with Crippen molar-refractivity contribution in [2.75, 3.05) is 18.4 Å². The standard InChI is InChI=1S/C17H25N3O2/c1-12(2)18-17(22)20-10-4-5-14(11-20)16(21)19-15-8-6-13(3)7-9-15/h6-9,12,14H,4-5,10-11H2,1-3H3,(H,18,22)(H,19,21)/t14-/m1/s1. The minimum absolute atomic E-state index is 0.00843. The van der Waals surface area contributed by atoms with Crippen LogP contribution in [0, 0.1) is 12.8 Å². The molecule has 1 aliphatic rings. The van der Waals surface area contributed by atoms with Crippen molar-refractivity contribution in [3.63, 3.8) is 0 Å². The predicted molar refractivity (Wildman–Crippen MR) is 87.8 cm³/mol. The van der Waals surface area contributed by atoms with Gasteiger partial charge in [0.25, 0.3) is 0 Å². The first-order chi connectivity index (χ1) is 10.5. The Labute approximate surface area is 132 Å². The van der Waals surface area contributed by atoms with Crippen LogP contribution in [-0.4, -0.2) is 36.0 Å². The molecule has 5 nitrogen and oxygen atoms in total. The number of aryl methyl sites for hydroxylation is 1. The number of amides is 3. The molecule has 0 bridgehead atoms. The van der Waals surface area contributed by atoms with Crippen molar-refractivity contribution in [2.45, 2.75) is 39.7 Å². The van der Waals surface area contributed by atoms with E-state index >= 15 is 0 Å². The second kappa shape index (κ2) is 7.29. The van der Waals surface area contributed by atoms with Gasteiger partial charge in [-0.15, -0.1) is 0 Å². The third kappa shape index (κ3) is 4.48. The van der Waals surface area contributed by atoms with E-state index in [1.807, 2.05) is 45.0 Å². The van der Waals surface area contributed by atoms with Gasteiger partial charge in [-0.05, 0) is 45.7 Å². The molecule has 1 aromatic rings. The maximum atomic E-state index is 12.4. The summed E-state index contributed by atoms with van der Waals surface area (Å²) in [5.74, 6) is -0.154. The van der Waals surface area contributed by atoms with Gasteiger partial charge in [-0.25, -0.2) is 4.79 Å². The molecular weight excluding hydrogens is 278 g/mol. The summed E-state index contributed by atoms with van der Waals surface area (Å²) in [5, 5.41) is 5.82. The molecule has 1 aliphatic heterocycles. The molecule has 0 radical (unpaired) electrons. The van der Waals surface area contributed by atoms with Gasteiger partial charge in [0.1, 0.15) is 0 Å². The van der Waals surface area contributed by atoms with Crippen LogP contribution < -0.4 is 10.6 Å². The molecule has 0 unspecified atom stereocenters. The van der Waals surface area contributed by atoms with Gasteiger partial charge in [-0.3, -0.25) is 4.79 Å². The quantitative estimate of drug-likeness (QED) is 0.902. The van der Waals surface area contributed by atoms with Gasteiger partial charge in [0.2, 0.25) is 5.91 Å². The maximum absolute atomic E-state index is 12.4. The fourth-order valence-electron chi connectivity index (χ4n) is 2.60. The normalized spacial score (nSPS) is 18.2. The molecular formula is C17H25N3O2. The fourth-order valence-corrected chi connectivity index (χ4v) is 2.60. The second-order valence-electron chi connectivity index (χ2n) is 6.24. The number of carbonyl (C=O) groups is 2. The molecule has 1 aromatic carbocycles. The lowest BCUT2D eigenvalue weighted by molar-refractivity contribution is -0.121. The first kappa shape index (κ1) is 16.3. The van der Waals surface area contributed by atoms with E-state index in [1.54, 1.807) is 4.90 Å². The molecule has 1 heterocycles. The van der Waals surface area contributed by atoms with E-state index in [9.17, 15) is 9.59 Å². The summed E-state index contributed by atoms with van der Waals surface area (Å²) in [7, 11) is 0. The highest BCUT2D eigenvalue weighted by Crippen LogP contribution is 2.19. The van der Waals surface area contributed by atoms with Crippen molar-refractivity contribution < 1.29 is 9.59 Å². The van der Waals surface area contributed by atoms with Crippen LogP contribution in [0.15, 0.2) is 24.3 Å². The van der Waals surface area contributed by atoms with Crippen LogP contribution in [0.3, 0.4) is 0 Å². The molecule has 120 valence electrons. The van der Waals surface area contributed by atoms with E-state index in [0.29, 0.717) is 13.1 Å². The minimum Gasteiger partial charge on any atom is -0.336 e. The molecule has 22 heavy (non-hydrogen) atoms. The van der Waals surface area contributed by atoms with Crippen molar-refractivity contribution in [3.8, 4) is 0 Å². The molecule has 0 spiro atoms. The zero-order valence-corrected chi connectivity index (χ0v) is 13.6. The summed E-state index contributed by atoms with van der Waals surface area (Å²) in [6, 6.07) is 7.77. The smallest absolute Gasteiger partial charge is 0.317 e. The van der Waals surface area contributed by atoms with Gasteiger partial charge in [0.05, 0.1) is 5.92 Å². The first-order valence-electron chi connectivity index (χ1n) is 7.88. The van der Waals surface area contributed by atoms with Crippen molar-refractivity contribution in [1.82, 2.24) is 10.2 Å². The van der Waals surface area contributed by atoms with E-state index in [4.69, 9.17) is 0 Å². The SMILES string of the molecule is Cc1ccc(NC(=O)[C@@H]2CCCN(C(=O)NC(C)C)C2)cc1. The van der Waals surface area contributed by atoms with Crippen LogP contribution in [0.4, 0.5) is 10.5 Å². The number of rotatable bonds is 3. The molecule has 2 rings (SSSR count). The highest BCUT2D eigenvalue weighted by molar-refractivity contribution is 5.93. The lowest BCUT2D eigenvalue weighted by Crippen LogP contribution is -2.49. The third-order valence-electron chi connectivity index (χ3n) is 3.81. The average molecular weight is 303 g/mol. The molecule has 0 saturated carbocycles. The van der Waals surface area contributed by atoms with E-state index in [2.05, 4.69) is 10.6 Å². The molecule has 1 atom stereocenters. The lowest BCUT2D eigenvalue weighted by atomic mass is 9.97. The average Bonchev–Trinajstić information content (AvgIpc) is 2.49. The van der Waals surface area contributed by atoms with Gasteiger partial charge in [-0.1, -0.05) is 17.7 Å². The molecule has 1 fully saturated rings. The largest absolute Gasteiger partial charge is 0.336 e. The fraction of sp³-hybridized carbons (Fsp3) is 0.529. The van der Waals surface area contributed by atoms with Crippen LogP contribution >= 0.6 is 0 Å². The third-order valence-corrected chi connectivity index (χ3v) is 3.81. The highest BCUT2D eigenvalue weighted by atomic mass is 16.2. The number of hydrogen-bond acceptors (Lipinski definition) is 2. The number of anilines is 1. The highest BCUT2D eigenvalue weighted by Gasteiger charge is 2.28. The first-order valence-corrected chi connectivity index (χ1v) is 7.88. The zero-order valence-electron chi connectivity index (χ0n) is 13.6. The van der Waals surface area contributed by atoms with E-state index in [0.717, 1.165) is 24.1 Å². The van der Waals surface area contributed by atoms with Gasteiger partial charge in [-0.2, -0.15) is 0 Å². The molecule has 5 heteroatoms. The number of benzene rings is 1. The predicted octanol–water partition coefficient (Wildman–Crippen LogP) is 2.76. The molecule has 1 saturated heterocycles. The summed E-state index contributed by atoms with van der Waals surface area (Å²) < 4.78 is 0. The molecule has 2 N–H and O–H groups in total. The zero-order chi connectivity index (χ0) is 16.1. The summed E-state index contributed by atoms with van der Waals surface area (Å²) >= 11 is 0. The molecule has 0 aliphatic carbocycles. The number of nitrogens with one attached hydrogen (secondary N) is 2. The Morgan fingerprint density at radius 3 is 2.55 bits per heavy atom. The lowest BCUT2D eigenvalue weighted by Gasteiger charge is -2.32. The Bertz CT molecular complexity index is 525. The summed E-state index contributed by atoms with van der Waals surface area (Å²) in [4.78, 5) is 26.2. The Hall–Kier alpha value is -2.04. The van der Waals surface area contributed by atoms with E-state index < -0.39 is 0 Å². The van der Waals surface area contributed by atoms with Crippen LogP contribution in [0.25, 0.3) is 0 Å². The maximum Gasteiger partial charge on any atom is 0.317 e. The van der Waals surface area contributed by atoms with Gasteiger partial charge in [0.15, 0.2) is 0 Å². The number of urea groups is 1. The van der Waals surface area contributed by atoms with E-state index in [1.165, 1.54) is 0 Å². The topological polar surface area (TPSA) is 61.4 Å². The van der Waals surface area contributed by atoms with Crippen molar-refractivity contribution in [2.24, 2.45) is 5.92 Å². The van der Waals surface area contributed by atoms with Gasteiger partial charge in [0, 0.05) is 24.8 Å². The monoisotopic (exact) mass is 303 g/mol. The number of likely N-dealkylation sites (tertiary alicyclic amines) is 1. The van der Waals surface area contributed by atoms with Crippen molar-refractivity contribution >= 4 is 17.6 Å². The molecule has 0 aromatic heterocycles. The van der Waals surface area contributed by atoms with Gasteiger partial charge >= 0.3 is 6.03 Å². The van der Waals surface area contributed by atoms with Crippen molar-refractivity contribution in [1.29, 1.82) is 0 Å². The summed E-state index contributed by atoms with van der Waals surface area (Å²) in [6.45, 7) is 7.08. The Kier molecular flexibility index (Phi) is 5.41. The number of hydrogen-bond donors (Lipinski definition) is 2. The number of nitrogens with zero attached hydrogens (tertiary/aromatic N) is 1. The Balaban J connectivity index is 1.92. The van der Waals surface area contributed by atoms with Crippen LogP contribution in [0.5, 0.6) is 0 Å². The number of carbonyl (C=O) groups excluding carboxylic acids is 2. The van der Waals surface area contributed by atoms with Crippen LogP contribution in [0.1, 0.15) is 32.3 Å². The molecule has 3 amide bonds. The second-order valence-corrected chi connectivity index (χ2v) is 6.24. The summed E-state index contributed by atoms with van der Waals surface area (Å²) in [6.07, 6.45) is 1.68. The number of piperidine rings is 1. The summed E-state index contributed by atoms with van der Waals surface area (Å²) in [5.41, 5.74) is 1.96.